The molecule has 1 heterocycles. The number of phenols is 1. The van der Waals surface area contributed by atoms with Crippen LogP contribution >= 0.6 is 7.81 Å². The number of ether oxygens (including phenoxy) is 4. The minimum atomic E-state index is -10.7. The van der Waals surface area contributed by atoms with E-state index in [0.29, 0.717) is 52.0 Å². The van der Waals surface area contributed by atoms with Crippen molar-refractivity contribution in [2.24, 2.45) is 7.05 Å². The van der Waals surface area contributed by atoms with Crippen molar-refractivity contribution in [2.45, 2.75) is 12.8 Å². The molecule has 5 aromatic rings. The third kappa shape index (κ3) is 12.9. The van der Waals surface area contributed by atoms with Crippen molar-refractivity contribution in [3.63, 3.8) is 0 Å². The molecule has 0 aliphatic rings. The van der Waals surface area contributed by atoms with Crippen molar-refractivity contribution in [2.75, 3.05) is 46.2 Å². The molecule has 0 saturated carbocycles. The Morgan fingerprint density at radius 3 is 1.56 bits per heavy atom. The number of benzene rings is 4. The monoisotopic (exact) mass is 697 g/mol. The molecule has 0 aliphatic heterocycles. The number of para-hydroxylation sites is 2. The van der Waals surface area contributed by atoms with Crippen molar-refractivity contribution in [1.29, 1.82) is 0 Å². The molecule has 6 nitrogen and oxygen atoms in total. The minimum absolute atomic E-state index is 0.296. The number of nitrogens with zero attached hydrogens (tertiary/aromatic N) is 1. The number of aromatic hydroxyl groups is 1. The van der Waals surface area contributed by atoms with Gasteiger partial charge in [0.1, 0.15) is 25.2 Å². The Morgan fingerprint density at radius 2 is 1.04 bits per heavy atom. The van der Waals surface area contributed by atoms with Gasteiger partial charge in [-0.3, -0.25) is 0 Å². The predicted octanol–water partition coefficient (Wildman–Crippen LogP) is 9.63. The van der Waals surface area contributed by atoms with Crippen molar-refractivity contribution in [1.82, 2.24) is 0 Å². The summed E-state index contributed by atoms with van der Waals surface area (Å²) in [4.78, 5) is 0. The Balaban J connectivity index is 0.000000671. The molecular weight excluding hydrogens is 659 g/mol. The standard InChI is InChI=1S/C35H37NO5.F6P/c1-36-33-10-4-2-8-31(33)35(32-9-3-5-11-34(32)36)28-14-18-30(19-15-28)41-26-25-40-24-23-39-22-21-38-20-6-7-27-12-16-29(37)17-13-27;1-7(2,3,4,5)6/h2-5,8-19H,6-7,20-26H2,1H3;/q;-1/p+1. The first-order valence-corrected chi connectivity index (χ1v) is 17.3. The van der Waals surface area contributed by atoms with Gasteiger partial charge in [-0.25, -0.2) is 0 Å². The van der Waals surface area contributed by atoms with Gasteiger partial charge in [-0.15, -0.1) is 0 Å². The third-order valence-corrected chi connectivity index (χ3v) is 7.14. The summed E-state index contributed by atoms with van der Waals surface area (Å²) in [5, 5.41) is 11.8. The molecule has 0 radical (unpaired) electrons. The quantitative estimate of drug-likeness (QED) is 0.0388. The Hall–Kier alpha value is -3.96. The fourth-order valence-electron chi connectivity index (χ4n) is 5.06. The molecular formula is C35H38F6NO5P. The van der Waals surface area contributed by atoms with Gasteiger partial charge in [-0.2, -0.15) is 4.57 Å². The van der Waals surface area contributed by atoms with Gasteiger partial charge in [-0.1, -0.05) is 48.5 Å². The van der Waals surface area contributed by atoms with Gasteiger partial charge in [0.05, 0.1) is 43.8 Å². The Bertz CT molecular complexity index is 1700. The van der Waals surface area contributed by atoms with Crippen molar-refractivity contribution in [3.05, 3.63) is 103 Å². The van der Waals surface area contributed by atoms with Crippen molar-refractivity contribution in [3.8, 4) is 22.6 Å². The van der Waals surface area contributed by atoms with Crippen molar-refractivity contribution >= 4 is 29.6 Å². The van der Waals surface area contributed by atoms with E-state index < -0.39 is 7.81 Å². The topological polar surface area (TPSA) is 61.0 Å². The molecule has 0 saturated heterocycles. The number of aromatic nitrogens is 1. The zero-order valence-electron chi connectivity index (χ0n) is 26.3. The van der Waals surface area contributed by atoms with Crippen molar-refractivity contribution < 1.29 is 53.8 Å². The first-order valence-electron chi connectivity index (χ1n) is 15.3. The second-order valence-electron chi connectivity index (χ2n) is 10.9. The molecule has 0 fully saturated rings. The first-order chi connectivity index (χ1) is 22.7. The first kappa shape index (κ1) is 36.9. The fraction of sp³-hybridized carbons (Fsp3) is 0.286. The van der Waals surface area contributed by atoms with E-state index in [0.717, 1.165) is 18.6 Å². The molecule has 13 heteroatoms. The Labute approximate surface area is 274 Å². The van der Waals surface area contributed by atoms with Crippen LogP contribution in [0.3, 0.4) is 0 Å². The van der Waals surface area contributed by atoms with Crippen LogP contribution in [0, 0.1) is 0 Å². The number of rotatable bonds is 15. The van der Waals surface area contributed by atoms with Crippen LogP contribution in [0.2, 0.25) is 0 Å². The van der Waals surface area contributed by atoms with Crippen LogP contribution in [0.25, 0.3) is 32.9 Å². The van der Waals surface area contributed by atoms with Gasteiger partial charge < -0.3 is 24.1 Å². The van der Waals surface area contributed by atoms with E-state index in [1.54, 1.807) is 12.1 Å². The van der Waals surface area contributed by atoms with Crippen LogP contribution < -0.4 is 9.30 Å². The number of aryl methyl sites for hydroxylation is 2. The fourth-order valence-corrected chi connectivity index (χ4v) is 5.06. The summed E-state index contributed by atoms with van der Waals surface area (Å²) in [6.45, 7) is 3.85. The van der Waals surface area contributed by atoms with Crippen LogP contribution in [-0.2, 0) is 27.7 Å². The van der Waals surface area contributed by atoms with Crippen LogP contribution in [-0.4, -0.2) is 51.4 Å². The second kappa shape index (κ2) is 15.5. The molecule has 1 N–H and O–H groups in total. The van der Waals surface area contributed by atoms with Gasteiger partial charge in [0.15, 0.2) is 0 Å². The molecule has 0 spiro atoms. The van der Waals surface area contributed by atoms with E-state index in [-0.39, 0.29) is 0 Å². The molecule has 5 rings (SSSR count). The molecule has 1 aromatic heterocycles. The number of pyridine rings is 1. The predicted molar refractivity (Wildman–Crippen MR) is 176 cm³/mol. The van der Waals surface area contributed by atoms with Crippen LogP contribution in [0.5, 0.6) is 11.5 Å². The molecule has 48 heavy (non-hydrogen) atoms. The average molecular weight is 698 g/mol. The van der Waals surface area contributed by atoms with Crippen LogP contribution in [0.4, 0.5) is 25.2 Å². The molecule has 0 unspecified atom stereocenters. The summed E-state index contributed by atoms with van der Waals surface area (Å²) in [7, 11) is -8.53. The van der Waals surface area contributed by atoms with E-state index in [2.05, 4.69) is 72.3 Å². The summed E-state index contributed by atoms with van der Waals surface area (Å²) in [5.74, 6) is 1.12. The molecule has 0 bridgehead atoms. The summed E-state index contributed by atoms with van der Waals surface area (Å²) in [6.07, 6.45) is 1.87. The zero-order chi connectivity index (χ0) is 34.7. The number of fused-ring (bicyclic) bond motifs is 2. The second-order valence-corrected chi connectivity index (χ2v) is 12.8. The summed E-state index contributed by atoms with van der Waals surface area (Å²) < 4.78 is 84.2. The average Bonchev–Trinajstić information content (AvgIpc) is 3.03. The van der Waals surface area contributed by atoms with Gasteiger partial charge in [0, 0.05) is 24.3 Å². The molecule has 0 amide bonds. The van der Waals surface area contributed by atoms with E-state index in [4.69, 9.17) is 18.9 Å². The maximum atomic E-state index is 9.87. The molecule has 0 aliphatic carbocycles. The maximum absolute atomic E-state index is 10.7. The SMILES string of the molecule is C[n+]1c2ccccc2c(-c2ccc(OCCOCCOCCOCCCc3ccc(O)cc3)cc2)c2ccccc21.F[P-](F)(F)(F)(F)F. The Morgan fingerprint density at radius 1 is 0.583 bits per heavy atom. The Kier molecular flexibility index (Phi) is 11.9. The van der Waals surface area contributed by atoms with Gasteiger partial charge in [0.25, 0.3) is 0 Å². The summed E-state index contributed by atoms with van der Waals surface area (Å²) in [6, 6.07) is 32.7. The molecule has 260 valence electrons. The van der Waals surface area contributed by atoms with Gasteiger partial charge >= 0.3 is 33.0 Å². The number of hydrogen-bond donors (Lipinski definition) is 1. The van der Waals surface area contributed by atoms with Crippen LogP contribution in [0.1, 0.15) is 12.0 Å². The molecule has 4 aromatic carbocycles. The molecule has 0 atom stereocenters. The van der Waals surface area contributed by atoms with Crippen LogP contribution in [0.15, 0.2) is 97.1 Å². The van der Waals surface area contributed by atoms with Gasteiger partial charge in [0.2, 0.25) is 11.0 Å². The van der Waals surface area contributed by atoms with E-state index in [9.17, 15) is 30.3 Å². The number of halogens is 6. The number of hydrogen-bond acceptors (Lipinski definition) is 5. The third-order valence-electron chi connectivity index (χ3n) is 7.14. The zero-order valence-corrected chi connectivity index (χ0v) is 27.2. The normalized spacial score (nSPS) is 13.1. The van der Waals surface area contributed by atoms with Gasteiger partial charge in [-0.05, 0) is 60.4 Å². The van der Waals surface area contributed by atoms with E-state index in [1.807, 2.05) is 24.3 Å². The summed E-state index contributed by atoms with van der Waals surface area (Å²) >= 11 is 0. The van der Waals surface area contributed by atoms with E-state index in [1.165, 1.54) is 38.5 Å². The number of phenolic OH excluding ortho intramolecular Hbond substituents is 1. The summed E-state index contributed by atoms with van der Waals surface area (Å²) in [5.41, 5.74) is 6.02. The van der Waals surface area contributed by atoms with E-state index >= 15 is 0 Å².